The first kappa shape index (κ1) is 11.7. The number of rotatable bonds is 6. The topological polar surface area (TPSA) is 50.1 Å². The molecule has 0 saturated heterocycles. The van der Waals surface area contributed by atoms with E-state index < -0.39 is 0 Å². The predicted octanol–water partition coefficient (Wildman–Crippen LogP) is 1.01. The largest absolute Gasteiger partial charge is 0.395 e. The van der Waals surface area contributed by atoms with Gasteiger partial charge in [0.15, 0.2) is 0 Å². The molecule has 1 atom stereocenters. The van der Waals surface area contributed by atoms with Crippen LogP contribution in [-0.4, -0.2) is 34.1 Å². The first-order valence-electron chi connectivity index (χ1n) is 4.78. The minimum atomic E-state index is 0.169. The van der Waals surface area contributed by atoms with E-state index in [0.717, 1.165) is 24.0 Å². The van der Waals surface area contributed by atoms with E-state index in [0.29, 0.717) is 0 Å². The van der Waals surface area contributed by atoms with Crippen molar-refractivity contribution in [2.45, 2.75) is 25.9 Å². The molecule has 0 radical (unpaired) electrons. The zero-order valence-electron chi connectivity index (χ0n) is 8.28. The number of hydrogen-bond donors (Lipinski definition) is 2. The lowest BCUT2D eigenvalue weighted by Gasteiger charge is -2.14. The summed E-state index contributed by atoms with van der Waals surface area (Å²) >= 11 is 3.34. The maximum Gasteiger partial charge on any atom is 0.0632 e. The minimum Gasteiger partial charge on any atom is -0.395 e. The molecule has 14 heavy (non-hydrogen) atoms. The van der Waals surface area contributed by atoms with E-state index in [9.17, 15) is 0 Å². The number of halogens is 1. The van der Waals surface area contributed by atoms with Gasteiger partial charge in [-0.1, -0.05) is 6.92 Å². The van der Waals surface area contributed by atoms with Gasteiger partial charge in [0.25, 0.3) is 0 Å². The number of aliphatic hydroxyl groups excluding tert-OH is 1. The van der Waals surface area contributed by atoms with Crippen molar-refractivity contribution in [3.05, 3.63) is 16.9 Å². The van der Waals surface area contributed by atoms with E-state index in [1.807, 2.05) is 17.8 Å². The Morgan fingerprint density at radius 3 is 3.00 bits per heavy atom. The number of aromatic nitrogens is 2. The third-order valence-corrected chi connectivity index (χ3v) is 2.43. The van der Waals surface area contributed by atoms with Crippen LogP contribution < -0.4 is 5.32 Å². The van der Waals surface area contributed by atoms with Crippen LogP contribution in [-0.2, 0) is 6.54 Å². The number of nitrogens with one attached hydrogen (secondary N) is 1. The van der Waals surface area contributed by atoms with Crippen LogP contribution >= 0.6 is 15.9 Å². The Hall–Kier alpha value is -0.390. The zero-order chi connectivity index (χ0) is 10.4. The summed E-state index contributed by atoms with van der Waals surface area (Å²) in [5.74, 6) is 0. The monoisotopic (exact) mass is 261 g/mol. The van der Waals surface area contributed by atoms with Gasteiger partial charge >= 0.3 is 0 Å². The molecule has 4 nitrogen and oxygen atoms in total. The standard InChI is InChI=1S/C9H16BrN3O/c1-2-11-9(7-14)3-4-13-6-8(10)5-12-13/h5-6,9,11,14H,2-4,7H2,1H3. The van der Waals surface area contributed by atoms with Gasteiger partial charge in [0.1, 0.15) is 0 Å². The smallest absolute Gasteiger partial charge is 0.0632 e. The van der Waals surface area contributed by atoms with Crippen molar-refractivity contribution >= 4 is 15.9 Å². The van der Waals surface area contributed by atoms with Crippen molar-refractivity contribution < 1.29 is 5.11 Å². The van der Waals surface area contributed by atoms with Crippen LogP contribution in [0.2, 0.25) is 0 Å². The summed E-state index contributed by atoms with van der Waals surface area (Å²) in [6, 6.07) is 0.169. The third kappa shape index (κ3) is 3.77. The van der Waals surface area contributed by atoms with E-state index in [1.165, 1.54) is 0 Å². The first-order valence-corrected chi connectivity index (χ1v) is 5.57. The molecular weight excluding hydrogens is 246 g/mol. The van der Waals surface area contributed by atoms with Crippen molar-refractivity contribution in [1.29, 1.82) is 0 Å². The Morgan fingerprint density at radius 1 is 1.71 bits per heavy atom. The molecule has 0 aromatic carbocycles. The quantitative estimate of drug-likeness (QED) is 0.804. The van der Waals surface area contributed by atoms with Crippen molar-refractivity contribution in [2.75, 3.05) is 13.2 Å². The summed E-state index contributed by atoms with van der Waals surface area (Å²) in [5, 5.41) is 16.4. The van der Waals surface area contributed by atoms with Gasteiger partial charge in [-0.25, -0.2) is 0 Å². The average Bonchev–Trinajstić information content (AvgIpc) is 2.59. The number of nitrogens with zero attached hydrogens (tertiary/aromatic N) is 2. The molecule has 2 N–H and O–H groups in total. The average molecular weight is 262 g/mol. The Morgan fingerprint density at radius 2 is 2.50 bits per heavy atom. The molecule has 0 aliphatic carbocycles. The molecule has 1 rings (SSSR count). The van der Waals surface area contributed by atoms with Crippen molar-refractivity contribution in [2.24, 2.45) is 0 Å². The Balaban J connectivity index is 2.31. The molecule has 1 aromatic rings. The van der Waals surface area contributed by atoms with Gasteiger partial charge in [-0.2, -0.15) is 5.10 Å². The molecule has 0 spiro atoms. The maximum atomic E-state index is 9.04. The third-order valence-electron chi connectivity index (χ3n) is 2.02. The number of likely N-dealkylation sites (N-methyl/N-ethyl adjacent to an activating group) is 1. The summed E-state index contributed by atoms with van der Waals surface area (Å²) in [4.78, 5) is 0. The lowest BCUT2D eigenvalue weighted by Crippen LogP contribution is -2.33. The molecule has 1 aromatic heterocycles. The van der Waals surface area contributed by atoms with Crippen LogP contribution in [0.3, 0.4) is 0 Å². The Bertz CT molecular complexity index is 264. The summed E-state index contributed by atoms with van der Waals surface area (Å²) < 4.78 is 2.85. The van der Waals surface area contributed by atoms with Crippen molar-refractivity contribution in [1.82, 2.24) is 15.1 Å². The van der Waals surface area contributed by atoms with Gasteiger partial charge in [-0.05, 0) is 28.9 Å². The molecule has 5 heteroatoms. The lowest BCUT2D eigenvalue weighted by atomic mass is 10.2. The molecular formula is C9H16BrN3O. The lowest BCUT2D eigenvalue weighted by molar-refractivity contribution is 0.232. The first-order chi connectivity index (χ1) is 6.76. The van der Waals surface area contributed by atoms with Crippen LogP contribution in [0.1, 0.15) is 13.3 Å². The van der Waals surface area contributed by atoms with Gasteiger partial charge in [0, 0.05) is 18.8 Å². The van der Waals surface area contributed by atoms with Gasteiger partial charge < -0.3 is 10.4 Å². The Labute approximate surface area is 92.4 Å². The van der Waals surface area contributed by atoms with Crippen LogP contribution in [0.4, 0.5) is 0 Å². The molecule has 1 heterocycles. The fourth-order valence-corrected chi connectivity index (χ4v) is 1.62. The normalized spacial score (nSPS) is 13.1. The van der Waals surface area contributed by atoms with Crippen molar-refractivity contribution in [3.63, 3.8) is 0 Å². The number of hydrogen-bond acceptors (Lipinski definition) is 3. The molecule has 80 valence electrons. The highest BCUT2D eigenvalue weighted by atomic mass is 79.9. The number of aryl methyl sites for hydroxylation is 1. The zero-order valence-corrected chi connectivity index (χ0v) is 9.87. The van der Waals surface area contributed by atoms with Crippen LogP contribution in [0.5, 0.6) is 0 Å². The number of aliphatic hydroxyl groups is 1. The second kappa shape index (κ2) is 6.16. The van der Waals surface area contributed by atoms with Crippen LogP contribution in [0.15, 0.2) is 16.9 Å². The molecule has 0 amide bonds. The van der Waals surface area contributed by atoms with Gasteiger partial charge in [-0.15, -0.1) is 0 Å². The van der Waals surface area contributed by atoms with Crippen LogP contribution in [0.25, 0.3) is 0 Å². The molecule has 0 saturated carbocycles. The highest BCUT2D eigenvalue weighted by Gasteiger charge is 2.05. The van der Waals surface area contributed by atoms with E-state index in [2.05, 4.69) is 26.3 Å². The van der Waals surface area contributed by atoms with Gasteiger partial charge in [0.05, 0.1) is 17.3 Å². The van der Waals surface area contributed by atoms with E-state index in [1.54, 1.807) is 6.20 Å². The molecule has 1 unspecified atom stereocenters. The minimum absolute atomic E-state index is 0.169. The second-order valence-electron chi connectivity index (χ2n) is 3.15. The summed E-state index contributed by atoms with van der Waals surface area (Å²) in [5.41, 5.74) is 0. The van der Waals surface area contributed by atoms with Gasteiger partial charge in [0.2, 0.25) is 0 Å². The van der Waals surface area contributed by atoms with Crippen LogP contribution in [0, 0.1) is 0 Å². The molecule has 0 aliphatic heterocycles. The SMILES string of the molecule is CCNC(CO)CCn1cc(Br)cn1. The fourth-order valence-electron chi connectivity index (χ4n) is 1.30. The van der Waals surface area contributed by atoms with Gasteiger partial charge in [-0.3, -0.25) is 4.68 Å². The van der Waals surface area contributed by atoms with E-state index in [4.69, 9.17) is 5.11 Å². The predicted molar refractivity (Wildman–Crippen MR) is 59.1 cm³/mol. The molecule has 0 bridgehead atoms. The van der Waals surface area contributed by atoms with E-state index >= 15 is 0 Å². The highest BCUT2D eigenvalue weighted by molar-refractivity contribution is 9.10. The maximum absolute atomic E-state index is 9.04. The fraction of sp³-hybridized carbons (Fsp3) is 0.667. The highest BCUT2D eigenvalue weighted by Crippen LogP contribution is 2.07. The summed E-state index contributed by atoms with van der Waals surface area (Å²) in [6.45, 7) is 3.92. The Kier molecular flexibility index (Phi) is 5.14. The second-order valence-corrected chi connectivity index (χ2v) is 4.06. The van der Waals surface area contributed by atoms with E-state index in [-0.39, 0.29) is 12.6 Å². The summed E-state index contributed by atoms with van der Waals surface area (Å²) in [6.07, 6.45) is 4.58. The molecule has 0 aliphatic rings. The van der Waals surface area contributed by atoms with Crippen molar-refractivity contribution in [3.8, 4) is 0 Å². The summed E-state index contributed by atoms with van der Waals surface area (Å²) in [7, 11) is 0. The molecule has 0 fully saturated rings.